The molecule has 1 unspecified atom stereocenters. The second kappa shape index (κ2) is 6.21. The summed E-state index contributed by atoms with van der Waals surface area (Å²) >= 11 is 6.10. The van der Waals surface area contributed by atoms with E-state index in [1.54, 1.807) is 0 Å². The molecule has 2 heteroatoms. The highest BCUT2D eigenvalue weighted by Gasteiger charge is 2.20. The highest BCUT2D eigenvalue weighted by atomic mass is 35.5. The van der Waals surface area contributed by atoms with Crippen LogP contribution in [-0.2, 0) is 0 Å². The van der Waals surface area contributed by atoms with E-state index in [-0.39, 0.29) is 6.04 Å². The summed E-state index contributed by atoms with van der Waals surface area (Å²) < 4.78 is 0. The van der Waals surface area contributed by atoms with Crippen LogP contribution >= 0.6 is 11.6 Å². The van der Waals surface area contributed by atoms with Gasteiger partial charge in [-0.1, -0.05) is 23.7 Å². The Kier molecular flexibility index (Phi) is 4.75. The molecule has 0 aromatic heterocycles. The summed E-state index contributed by atoms with van der Waals surface area (Å²) in [7, 11) is 2.02. The highest BCUT2D eigenvalue weighted by Crippen LogP contribution is 2.33. The number of rotatable bonds is 3. The second-order valence-corrected chi connectivity index (χ2v) is 6.33. The van der Waals surface area contributed by atoms with Gasteiger partial charge in [0.1, 0.15) is 0 Å². The molecule has 0 amide bonds. The molecule has 0 saturated carbocycles. The molecule has 2 rings (SSSR count). The van der Waals surface area contributed by atoms with E-state index >= 15 is 0 Å². The fourth-order valence-electron chi connectivity index (χ4n) is 3.10. The van der Waals surface area contributed by atoms with Crippen molar-refractivity contribution in [3.63, 3.8) is 0 Å². The Hall–Kier alpha value is -1.31. The van der Waals surface area contributed by atoms with E-state index in [0.717, 1.165) is 5.02 Å². The number of aryl methyl sites for hydroxylation is 3. The Bertz CT molecular complexity index is 648. The lowest BCUT2D eigenvalue weighted by Crippen LogP contribution is -2.21. The van der Waals surface area contributed by atoms with E-state index in [9.17, 15) is 0 Å². The maximum atomic E-state index is 6.10. The van der Waals surface area contributed by atoms with Gasteiger partial charge in [-0.25, -0.2) is 0 Å². The predicted octanol–water partition coefficient (Wildman–Crippen LogP) is 5.19. The van der Waals surface area contributed by atoms with Gasteiger partial charge in [-0.05, 0) is 92.7 Å². The quantitative estimate of drug-likeness (QED) is 0.822. The van der Waals surface area contributed by atoms with Gasteiger partial charge in [0.25, 0.3) is 0 Å². The fraction of sp³-hybridized carbons (Fsp3) is 0.368. The Labute approximate surface area is 133 Å². The summed E-state index contributed by atoms with van der Waals surface area (Å²) in [6, 6.07) is 8.61. The van der Waals surface area contributed by atoms with Crippen LogP contribution in [-0.4, -0.2) is 7.05 Å². The van der Waals surface area contributed by atoms with Crippen LogP contribution in [0.15, 0.2) is 24.3 Å². The number of nitrogens with one attached hydrogen (secondary N) is 1. The first-order valence-electron chi connectivity index (χ1n) is 7.37. The molecule has 0 heterocycles. The molecule has 0 bridgehead atoms. The number of hydrogen-bond donors (Lipinski definition) is 1. The van der Waals surface area contributed by atoms with Crippen molar-refractivity contribution in [2.45, 2.75) is 40.7 Å². The molecule has 1 nitrogen and oxygen atoms in total. The van der Waals surface area contributed by atoms with Gasteiger partial charge in [0, 0.05) is 5.02 Å². The smallest absolute Gasteiger partial charge is 0.0582 e. The van der Waals surface area contributed by atoms with Gasteiger partial charge in [0.2, 0.25) is 0 Å². The first kappa shape index (κ1) is 16.1. The lowest BCUT2D eigenvalue weighted by Gasteiger charge is -2.25. The van der Waals surface area contributed by atoms with Crippen LogP contribution in [0.5, 0.6) is 0 Å². The van der Waals surface area contributed by atoms with Crippen LogP contribution in [0.4, 0.5) is 0 Å². The molecule has 2 aromatic rings. The first-order chi connectivity index (χ1) is 9.86. The molecule has 0 spiro atoms. The molecule has 0 aliphatic rings. The average molecular weight is 302 g/mol. The van der Waals surface area contributed by atoms with Crippen LogP contribution in [0.1, 0.15) is 45.0 Å². The van der Waals surface area contributed by atoms with Gasteiger partial charge in [0.05, 0.1) is 6.04 Å². The van der Waals surface area contributed by atoms with Gasteiger partial charge >= 0.3 is 0 Å². The fourth-order valence-corrected chi connectivity index (χ4v) is 3.33. The number of benzene rings is 2. The van der Waals surface area contributed by atoms with Crippen LogP contribution in [0, 0.1) is 34.6 Å². The number of hydrogen-bond acceptors (Lipinski definition) is 1. The molecule has 0 saturated heterocycles. The second-order valence-electron chi connectivity index (χ2n) is 5.90. The zero-order valence-corrected chi connectivity index (χ0v) is 14.5. The summed E-state index contributed by atoms with van der Waals surface area (Å²) in [5.41, 5.74) is 9.33. The van der Waals surface area contributed by atoms with Crippen molar-refractivity contribution in [3.8, 4) is 0 Å². The molecule has 2 aromatic carbocycles. The van der Waals surface area contributed by atoms with Crippen molar-refractivity contribution in [1.29, 1.82) is 0 Å². The van der Waals surface area contributed by atoms with Crippen molar-refractivity contribution >= 4 is 11.6 Å². The van der Waals surface area contributed by atoms with Gasteiger partial charge in [-0.2, -0.15) is 0 Å². The summed E-state index contributed by atoms with van der Waals surface area (Å²) in [6.07, 6.45) is 0. The monoisotopic (exact) mass is 301 g/mol. The topological polar surface area (TPSA) is 12.0 Å². The standard InChI is InChI=1S/C19H24ClN/c1-11-9-12(2)15(5)18(14(11)4)19(21-6)17-8-7-16(20)10-13(17)3/h7-10,19,21H,1-6H3. The lowest BCUT2D eigenvalue weighted by atomic mass is 9.85. The predicted molar refractivity (Wildman–Crippen MR) is 92.5 cm³/mol. The Morgan fingerprint density at radius 3 is 1.90 bits per heavy atom. The molecule has 0 radical (unpaired) electrons. The van der Waals surface area contributed by atoms with Crippen molar-refractivity contribution in [3.05, 3.63) is 68.2 Å². The molecular formula is C19H24ClN. The van der Waals surface area contributed by atoms with E-state index in [0.29, 0.717) is 0 Å². The van der Waals surface area contributed by atoms with Crippen LogP contribution < -0.4 is 5.32 Å². The SMILES string of the molecule is CNC(c1ccc(Cl)cc1C)c1c(C)c(C)cc(C)c1C. The van der Waals surface area contributed by atoms with Crippen molar-refractivity contribution in [1.82, 2.24) is 5.32 Å². The van der Waals surface area contributed by atoms with Crippen molar-refractivity contribution in [2.24, 2.45) is 0 Å². The largest absolute Gasteiger partial charge is 0.309 e. The summed E-state index contributed by atoms with van der Waals surface area (Å²) in [5, 5.41) is 4.28. The van der Waals surface area contributed by atoms with Gasteiger partial charge in [-0.15, -0.1) is 0 Å². The van der Waals surface area contributed by atoms with E-state index < -0.39 is 0 Å². The van der Waals surface area contributed by atoms with Crippen LogP contribution in [0.3, 0.4) is 0 Å². The van der Waals surface area contributed by atoms with Gasteiger partial charge < -0.3 is 5.32 Å². The lowest BCUT2D eigenvalue weighted by molar-refractivity contribution is 0.677. The third-order valence-electron chi connectivity index (χ3n) is 4.54. The van der Waals surface area contributed by atoms with E-state index in [1.165, 1.54) is 38.9 Å². The van der Waals surface area contributed by atoms with E-state index in [2.05, 4.69) is 52.1 Å². The van der Waals surface area contributed by atoms with E-state index in [1.807, 2.05) is 19.2 Å². The number of halogens is 1. The highest BCUT2D eigenvalue weighted by molar-refractivity contribution is 6.30. The average Bonchev–Trinajstić information content (AvgIpc) is 2.42. The zero-order valence-electron chi connectivity index (χ0n) is 13.8. The van der Waals surface area contributed by atoms with Crippen LogP contribution in [0.25, 0.3) is 0 Å². The maximum absolute atomic E-state index is 6.10. The van der Waals surface area contributed by atoms with Crippen LogP contribution in [0.2, 0.25) is 5.02 Å². The minimum atomic E-state index is 0.195. The first-order valence-corrected chi connectivity index (χ1v) is 7.75. The third-order valence-corrected chi connectivity index (χ3v) is 4.78. The summed E-state index contributed by atoms with van der Waals surface area (Å²) in [4.78, 5) is 0. The maximum Gasteiger partial charge on any atom is 0.0582 e. The minimum absolute atomic E-state index is 0.195. The minimum Gasteiger partial charge on any atom is -0.309 e. The molecule has 112 valence electrons. The normalized spacial score (nSPS) is 12.5. The van der Waals surface area contributed by atoms with Crippen molar-refractivity contribution < 1.29 is 0 Å². The Balaban J connectivity index is 2.67. The van der Waals surface area contributed by atoms with Gasteiger partial charge in [0.15, 0.2) is 0 Å². The van der Waals surface area contributed by atoms with Crippen molar-refractivity contribution in [2.75, 3.05) is 7.05 Å². The molecule has 0 aliphatic carbocycles. The third kappa shape index (κ3) is 3.00. The summed E-state index contributed by atoms with van der Waals surface area (Å²) in [5.74, 6) is 0. The van der Waals surface area contributed by atoms with E-state index in [4.69, 9.17) is 11.6 Å². The molecular weight excluding hydrogens is 278 g/mol. The Morgan fingerprint density at radius 1 is 0.857 bits per heavy atom. The Morgan fingerprint density at radius 2 is 1.43 bits per heavy atom. The molecule has 1 atom stereocenters. The molecule has 21 heavy (non-hydrogen) atoms. The molecule has 0 fully saturated rings. The summed E-state index contributed by atoms with van der Waals surface area (Å²) in [6.45, 7) is 10.9. The molecule has 0 aliphatic heterocycles. The van der Waals surface area contributed by atoms with Gasteiger partial charge in [-0.3, -0.25) is 0 Å². The molecule has 1 N–H and O–H groups in total. The zero-order chi connectivity index (χ0) is 15.7.